The number of methoxy groups -OCH3 is 1. The summed E-state index contributed by atoms with van der Waals surface area (Å²) in [5.74, 6) is -1.69. The summed E-state index contributed by atoms with van der Waals surface area (Å²) in [6.07, 6.45) is 0. The van der Waals surface area contributed by atoms with Gasteiger partial charge in [0.2, 0.25) is 17.7 Å². The van der Waals surface area contributed by atoms with E-state index >= 15 is 0 Å². The highest BCUT2D eigenvalue weighted by Gasteiger charge is 2.56. The van der Waals surface area contributed by atoms with Crippen molar-refractivity contribution in [2.24, 2.45) is 5.92 Å². The summed E-state index contributed by atoms with van der Waals surface area (Å²) >= 11 is 2.23. The third-order valence-corrected chi connectivity index (χ3v) is 11.1. The molecule has 1 aromatic heterocycles. The number of fused-ring (bicyclic) bond motifs is 3. The van der Waals surface area contributed by atoms with Gasteiger partial charge in [-0.3, -0.25) is 23.7 Å². The van der Waals surface area contributed by atoms with Gasteiger partial charge in [-0.15, -0.1) is 0 Å². The summed E-state index contributed by atoms with van der Waals surface area (Å²) in [4.78, 5) is 58.8. The van der Waals surface area contributed by atoms with E-state index in [1.54, 1.807) is 31.4 Å². The molecule has 11 heteroatoms. The van der Waals surface area contributed by atoms with Gasteiger partial charge in [0.1, 0.15) is 17.5 Å². The number of carbonyl (C=O) groups is 3. The number of carbonyl (C=O) groups excluding carboxylic acids is 3. The second-order valence-corrected chi connectivity index (χ2v) is 13.6. The number of aromatic nitrogens is 1. The molecular weight excluding hydrogens is 621 g/mol. The van der Waals surface area contributed by atoms with Gasteiger partial charge < -0.3 is 15.0 Å². The van der Waals surface area contributed by atoms with Crippen molar-refractivity contribution in [3.63, 3.8) is 0 Å². The first-order valence-electron chi connectivity index (χ1n) is 14.7. The molecule has 46 heavy (non-hydrogen) atoms. The first-order valence-corrected chi connectivity index (χ1v) is 16.4. The summed E-state index contributed by atoms with van der Waals surface area (Å²) in [5, 5.41) is 4.62. The molecule has 0 saturated carbocycles. The zero-order valence-electron chi connectivity index (χ0n) is 25.3. The lowest BCUT2D eigenvalue weighted by molar-refractivity contribution is -0.122. The fourth-order valence-electron chi connectivity index (χ4n) is 6.25. The van der Waals surface area contributed by atoms with Crippen molar-refractivity contribution in [2.75, 3.05) is 36.3 Å². The van der Waals surface area contributed by atoms with Gasteiger partial charge >= 0.3 is 4.87 Å². The molecular formula is C35H30N4O5S2. The molecule has 0 bridgehead atoms. The molecule has 9 nitrogen and oxygen atoms in total. The molecule has 7 rings (SSSR count). The van der Waals surface area contributed by atoms with E-state index in [4.69, 9.17) is 4.74 Å². The lowest BCUT2D eigenvalue weighted by Crippen LogP contribution is -2.33. The molecule has 2 aliphatic heterocycles. The van der Waals surface area contributed by atoms with Crippen LogP contribution in [0.4, 0.5) is 17.1 Å². The van der Waals surface area contributed by atoms with Crippen LogP contribution in [0.3, 0.4) is 0 Å². The van der Waals surface area contributed by atoms with Gasteiger partial charge in [0.05, 0.1) is 23.7 Å². The minimum Gasteiger partial charge on any atom is -0.497 e. The summed E-state index contributed by atoms with van der Waals surface area (Å²) in [6.45, 7) is -0.227. The normalized spacial score (nSPS) is 18.8. The Balaban J connectivity index is 1.27. The minimum absolute atomic E-state index is 0.227. The molecule has 3 heterocycles. The predicted octanol–water partition coefficient (Wildman–Crippen LogP) is 5.57. The second kappa shape index (κ2) is 11.8. The molecule has 5 aromatic rings. The number of thioether (sulfide) groups is 1. The number of hydrogen-bond acceptors (Lipinski definition) is 8. The Labute approximate surface area is 273 Å². The molecule has 3 amide bonds. The van der Waals surface area contributed by atoms with Gasteiger partial charge in [0.25, 0.3) is 0 Å². The molecule has 232 valence electrons. The van der Waals surface area contributed by atoms with Crippen molar-refractivity contribution in [1.29, 1.82) is 0 Å². The van der Waals surface area contributed by atoms with Gasteiger partial charge in [0, 0.05) is 41.7 Å². The van der Waals surface area contributed by atoms with Gasteiger partial charge in [-0.1, -0.05) is 71.6 Å². The second-order valence-electron chi connectivity index (χ2n) is 11.4. The zero-order chi connectivity index (χ0) is 32.1. The number of rotatable bonds is 7. The lowest BCUT2D eigenvalue weighted by Gasteiger charge is -2.31. The molecule has 2 aliphatic rings. The molecule has 0 aliphatic carbocycles. The lowest BCUT2D eigenvalue weighted by atomic mass is 9.83. The molecule has 2 unspecified atom stereocenters. The number of nitrogens with zero attached hydrogens (tertiary/aromatic N) is 3. The van der Waals surface area contributed by atoms with E-state index in [1.807, 2.05) is 85.7 Å². The van der Waals surface area contributed by atoms with Crippen LogP contribution < -0.4 is 24.7 Å². The predicted molar refractivity (Wildman–Crippen MR) is 182 cm³/mol. The third-order valence-electron chi connectivity index (χ3n) is 8.51. The number of hydrogen-bond donors (Lipinski definition) is 1. The SMILES string of the molecule is COc1ccc(N2C(=O)C3Sc4c(sc(=O)n4CC(=O)Nc4cccc5ccccc45)[C@H](c4ccc(N(C)C)cc4)C3C2=O)cc1. The minimum atomic E-state index is -0.776. The van der Waals surface area contributed by atoms with Crippen LogP contribution in [0.25, 0.3) is 10.8 Å². The van der Waals surface area contributed by atoms with Crippen LogP contribution >= 0.6 is 23.1 Å². The fraction of sp³-hybridized carbons (Fsp3) is 0.200. The van der Waals surface area contributed by atoms with Crippen molar-refractivity contribution >= 4 is 68.7 Å². The highest BCUT2D eigenvalue weighted by molar-refractivity contribution is 8.00. The van der Waals surface area contributed by atoms with E-state index in [0.717, 1.165) is 33.4 Å². The number of imide groups is 1. The number of amides is 3. The zero-order valence-corrected chi connectivity index (χ0v) is 26.9. The number of ether oxygens (including phenoxy) is 1. The molecule has 4 aromatic carbocycles. The van der Waals surface area contributed by atoms with Crippen molar-refractivity contribution in [3.05, 3.63) is 111 Å². The average molecular weight is 651 g/mol. The van der Waals surface area contributed by atoms with Crippen LogP contribution in [0.1, 0.15) is 16.4 Å². The maximum absolute atomic E-state index is 14.2. The Bertz CT molecular complexity index is 2050. The largest absolute Gasteiger partial charge is 0.497 e. The number of benzene rings is 4. The van der Waals surface area contributed by atoms with E-state index in [2.05, 4.69) is 5.32 Å². The molecule has 0 radical (unpaired) electrons. The maximum atomic E-state index is 14.2. The van der Waals surface area contributed by atoms with Crippen molar-refractivity contribution in [2.45, 2.75) is 22.7 Å². The highest BCUT2D eigenvalue weighted by atomic mass is 32.2. The van der Waals surface area contributed by atoms with Crippen molar-refractivity contribution in [3.8, 4) is 5.75 Å². The van der Waals surface area contributed by atoms with Crippen LogP contribution in [0.5, 0.6) is 5.75 Å². The first-order chi connectivity index (χ1) is 22.2. The maximum Gasteiger partial charge on any atom is 0.308 e. The number of anilines is 3. The highest BCUT2D eigenvalue weighted by Crippen LogP contribution is 2.54. The Kier molecular flexibility index (Phi) is 7.66. The Hall–Kier alpha value is -4.87. The van der Waals surface area contributed by atoms with Crippen LogP contribution in [-0.4, -0.2) is 48.7 Å². The van der Waals surface area contributed by atoms with Crippen LogP contribution in [0, 0.1) is 5.92 Å². The molecule has 1 fully saturated rings. The van der Waals surface area contributed by atoms with Crippen molar-refractivity contribution < 1.29 is 19.1 Å². The van der Waals surface area contributed by atoms with Crippen LogP contribution in [0.15, 0.2) is 101 Å². The number of nitrogens with one attached hydrogen (secondary N) is 1. The number of thiazole rings is 1. The summed E-state index contributed by atoms with van der Waals surface area (Å²) in [7, 11) is 5.45. The smallest absolute Gasteiger partial charge is 0.308 e. The van der Waals surface area contributed by atoms with Gasteiger partial charge in [0.15, 0.2) is 0 Å². The van der Waals surface area contributed by atoms with Crippen LogP contribution in [-0.2, 0) is 20.9 Å². The Morgan fingerprint density at radius 2 is 1.61 bits per heavy atom. The van der Waals surface area contributed by atoms with Crippen molar-refractivity contribution in [1.82, 2.24) is 4.57 Å². The summed E-state index contributed by atoms with van der Waals surface area (Å²) in [5.41, 5.74) is 2.92. The van der Waals surface area contributed by atoms with E-state index < -0.39 is 17.1 Å². The summed E-state index contributed by atoms with van der Waals surface area (Å²) < 4.78 is 6.71. The van der Waals surface area contributed by atoms with Gasteiger partial charge in [-0.25, -0.2) is 4.90 Å². The standard InChI is InChI=1S/C35H30N4O5S2/c1-37(2)22-13-11-21(12-14-22)28-29-30(33(42)39(32(29)41)23-15-17-24(44-3)18-16-23)45-34-31(28)46-35(43)38(34)19-27(40)36-26-10-6-8-20-7-4-5-9-25(20)26/h4-18,28-30H,19H2,1-3H3,(H,36,40)/t28-,29?,30?/m1/s1. The third kappa shape index (κ3) is 5.05. The Morgan fingerprint density at radius 1 is 0.891 bits per heavy atom. The van der Waals surface area contributed by atoms with E-state index in [1.165, 1.54) is 21.2 Å². The van der Waals surface area contributed by atoms with Gasteiger partial charge in [-0.05, 0) is 53.4 Å². The van der Waals surface area contributed by atoms with E-state index in [9.17, 15) is 19.2 Å². The van der Waals surface area contributed by atoms with E-state index in [-0.39, 0.29) is 29.1 Å². The monoisotopic (exact) mass is 650 g/mol. The molecule has 1 N–H and O–H groups in total. The molecule has 1 saturated heterocycles. The fourth-order valence-corrected chi connectivity index (χ4v) is 9.02. The average Bonchev–Trinajstić information content (AvgIpc) is 3.51. The quantitative estimate of drug-likeness (QED) is 0.230. The van der Waals surface area contributed by atoms with Gasteiger partial charge in [-0.2, -0.15) is 0 Å². The topological polar surface area (TPSA) is 101 Å². The summed E-state index contributed by atoms with van der Waals surface area (Å²) in [6, 6.07) is 28.1. The molecule has 3 atom stereocenters. The molecule has 0 spiro atoms. The first kappa shape index (κ1) is 29.8. The van der Waals surface area contributed by atoms with Crippen LogP contribution in [0.2, 0.25) is 0 Å². The van der Waals surface area contributed by atoms with E-state index in [0.29, 0.717) is 27.0 Å². The Morgan fingerprint density at radius 3 is 2.33 bits per heavy atom.